The average Bonchev–Trinajstić information content (AvgIpc) is 2.62. The van der Waals surface area contributed by atoms with Crippen molar-refractivity contribution in [2.75, 3.05) is 13.2 Å². The Morgan fingerprint density at radius 2 is 1.70 bits per heavy atom. The Morgan fingerprint density at radius 1 is 1.15 bits per heavy atom. The quantitative estimate of drug-likeness (QED) is 0.635. The minimum absolute atomic E-state index is 0.0664. The van der Waals surface area contributed by atoms with Gasteiger partial charge in [0.1, 0.15) is 5.25 Å². The van der Waals surface area contributed by atoms with Crippen molar-refractivity contribution in [2.45, 2.75) is 55.0 Å². The number of halogens is 2. The van der Waals surface area contributed by atoms with Gasteiger partial charge in [-0.05, 0) is 38.8 Å². The molecule has 10 heteroatoms. The van der Waals surface area contributed by atoms with Gasteiger partial charge in [0.15, 0.2) is 9.84 Å². The van der Waals surface area contributed by atoms with Crippen LogP contribution in [0.4, 0.5) is 8.78 Å². The van der Waals surface area contributed by atoms with Gasteiger partial charge in [-0.1, -0.05) is 24.6 Å². The molecule has 1 aliphatic carbocycles. The highest BCUT2D eigenvalue weighted by atomic mass is 32.2. The molecule has 27 heavy (non-hydrogen) atoms. The van der Waals surface area contributed by atoms with Crippen molar-refractivity contribution >= 4 is 17.4 Å². The lowest BCUT2D eigenvalue weighted by molar-refractivity contribution is -0.0445. The Bertz CT molecular complexity index is 761. The number of benzene rings is 1. The van der Waals surface area contributed by atoms with Crippen molar-refractivity contribution < 1.29 is 35.9 Å². The highest BCUT2D eigenvalue weighted by Crippen LogP contribution is 2.67. The van der Waals surface area contributed by atoms with Crippen molar-refractivity contribution in [2.24, 2.45) is 5.92 Å². The predicted molar refractivity (Wildman–Crippen MR) is 96.6 cm³/mol. The normalized spacial score (nSPS) is 24.7. The van der Waals surface area contributed by atoms with E-state index in [1.165, 1.54) is 38.1 Å². The summed E-state index contributed by atoms with van der Waals surface area (Å²) in [5.41, 5.74) is -4.06. The number of aliphatic hydroxyl groups is 1. The monoisotopic (exact) mass is 426 g/mol. The van der Waals surface area contributed by atoms with Crippen LogP contribution < -0.4 is 0 Å². The van der Waals surface area contributed by atoms with Crippen LogP contribution in [0.3, 0.4) is 0 Å². The maximum atomic E-state index is 15.3. The number of rotatable bonds is 8. The highest BCUT2D eigenvalue weighted by molar-refractivity contribution is 7.92. The molecule has 3 atom stereocenters. The van der Waals surface area contributed by atoms with Crippen LogP contribution in [0.2, 0.25) is 0 Å². The van der Waals surface area contributed by atoms with Crippen LogP contribution in [0.1, 0.15) is 33.1 Å². The molecule has 0 aliphatic heterocycles. The summed E-state index contributed by atoms with van der Waals surface area (Å²) < 4.78 is 79.1. The Morgan fingerprint density at radius 3 is 2.22 bits per heavy atom. The van der Waals surface area contributed by atoms with Gasteiger partial charge in [-0.15, -0.1) is 0 Å². The SMILES string of the molecule is CCOP(=O)(OCC)C(F)(F)[C@@H]1CCC[C@H](O)[C@H]1S(=O)(=O)c1ccccc1. The van der Waals surface area contributed by atoms with Crippen LogP contribution in [0.25, 0.3) is 0 Å². The first-order valence-corrected chi connectivity index (χ1v) is 11.9. The van der Waals surface area contributed by atoms with Crippen molar-refractivity contribution in [1.82, 2.24) is 0 Å². The molecule has 1 fully saturated rings. The van der Waals surface area contributed by atoms with Gasteiger partial charge in [-0.25, -0.2) is 8.42 Å². The van der Waals surface area contributed by atoms with Crippen molar-refractivity contribution in [3.05, 3.63) is 30.3 Å². The second-order valence-electron chi connectivity index (χ2n) is 6.35. The number of aliphatic hydroxyl groups excluding tert-OH is 1. The molecule has 0 saturated heterocycles. The first kappa shape index (κ1) is 22.4. The first-order chi connectivity index (χ1) is 12.6. The van der Waals surface area contributed by atoms with E-state index < -0.39 is 40.4 Å². The van der Waals surface area contributed by atoms with Crippen LogP contribution in [-0.2, 0) is 23.4 Å². The summed E-state index contributed by atoms with van der Waals surface area (Å²) in [6.07, 6.45) is -1.47. The molecule has 0 spiro atoms. The molecule has 1 aromatic carbocycles. The van der Waals surface area contributed by atoms with Gasteiger partial charge < -0.3 is 14.2 Å². The molecular formula is C17H25F2O6PS. The third kappa shape index (κ3) is 4.27. The van der Waals surface area contributed by atoms with Crippen LogP contribution in [0, 0.1) is 5.92 Å². The maximum Gasteiger partial charge on any atom is 0.399 e. The number of hydrogen-bond acceptors (Lipinski definition) is 6. The zero-order valence-corrected chi connectivity index (χ0v) is 17.0. The molecule has 1 aliphatic rings. The van der Waals surface area contributed by atoms with Gasteiger partial charge in [0, 0.05) is 0 Å². The second-order valence-corrected chi connectivity index (χ2v) is 10.6. The second kappa shape index (κ2) is 8.66. The lowest BCUT2D eigenvalue weighted by Gasteiger charge is -2.40. The summed E-state index contributed by atoms with van der Waals surface area (Å²) in [7, 11) is -9.22. The molecule has 1 aromatic rings. The van der Waals surface area contributed by atoms with E-state index in [0.717, 1.165) is 0 Å². The van der Waals surface area contributed by atoms with E-state index in [1.807, 2.05) is 0 Å². The molecule has 0 radical (unpaired) electrons. The van der Waals surface area contributed by atoms with Crippen LogP contribution in [0.15, 0.2) is 35.2 Å². The summed E-state index contributed by atoms with van der Waals surface area (Å²) in [6.45, 7) is 2.24. The van der Waals surface area contributed by atoms with E-state index in [9.17, 15) is 18.1 Å². The molecule has 0 amide bonds. The Balaban J connectivity index is 2.53. The van der Waals surface area contributed by atoms with E-state index >= 15 is 8.78 Å². The highest BCUT2D eigenvalue weighted by Gasteiger charge is 2.64. The van der Waals surface area contributed by atoms with Crippen LogP contribution >= 0.6 is 7.60 Å². The first-order valence-electron chi connectivity index (χ1n) is 8.85. The zero-order valence-electron chi connectivity index (χ0n) is 15.3. The van der Waals surface area contributed by atoms with Gasteiger partial charge in [-0.3, -0.25) is 4.57 Å². The van der Waals surface area contributed by atoms with E-state index in [4.69, 9.17) is 9.05 Å². The van der Waals surface area contributed by atoms with E-state index in [0.29, 0.717) is 0 Å². The number of hydrogen-bond donors (Lipinski definition) is 1. The minimum atomic E-state index is -4.92. The molecule has 2 rings (SSSR count). The van der Waals surface area contributed by atoms with Crippen LogP contribution in [-0.4, -0.2) is 43.8 Å². The molecule has 154 valence electrons. The molecule has 0 bridgehead atoms. The molecule has 1 saturated carbocycles. The molecule has 1 N–H and O–H groups in total. The number of alkyl halides is 2. The third-order valence-corrected chi connectivity index (χ3v) is 9.18. The lowest BCUT2D eigenvalue weighted by atomic mass is 9.86. The summed E-state index contributed by atoms with van der Waals surface area (Å²) in [5, 5.41) is 8.53. The topological polar surface area (TPSA) is 89.9 Å². The fourth-order valence-corrected chi connectivity index (χ4v) is 7.49. The molecule has 0 unspecified atom stereocenters. The molecule has 0 aromatic heterocycles. The summed E-state index contributed by atoms with van der Waals surface area (Å²) in [4.78, 5) is -0.167. The van der Waals surface area contributed by atoms with Crippen molar-refractivity contribution in [3.8, 4) is 0 Å². The van der Waals surface area contributed by atoms with Gasteiger partial charge in [0.2, 0.25) is 0 Å². The van der Waals surface area contributed by atoms with Crippen LogP contribution in [0.5, 0.6) is 0 Å². The fraction of sp³-hybridized carbons (Fsp3) is 0.647. The van der Waals surface area contributed by atoms with Gasteiger partial charge in [-0.2, -0.15) is 8.78 Å². The third-order valence-electron chi connectivity index (χ3n) is 4.63. The Kier molecular flexibility index (Phi) is 7.19. The Hall–Kier alpha value is -0.860. The average molecular weight is 426 g/mol. The van der Waals surface area contributed by atoms with Gasteiger partial charge >= 0.3 is 13.3 Å². The fourth-order valence-electron chi connectivity index (χ4n) is 3.46. The zero-order chi connectivity index (χ0) is 20.3. The molecule has 6 nitrogen and oxygen atoms in total. The predicted octanol–water partition coefficient (Wildman–Crippen LogP) is 3.85. The standard InChI is InChI=1S/C17H25F2O6PS/c1-3-24-26(21,25-4-2)17(18,19)14-11-8-12-15(20)16(14)27(22,23)13-9-6-5-7-10-13/h5-7,9-10,14-16,20H,3-4,8,11-12H2,1-2H3/t14-,15+,16+/m1/s1. The van der Waals surface area contributed by atoms with Gasteiger partial charge in [0.05, 0.1) is 30.1 Å². The number of sulfone groups is 1. The maximum absolute atomic E-state index is 15.3. The summed E-state index contributed by atoms with van der Waals surface area (Å²) in [6, 6.07) is 7.12. The molecule has 0 heterocycles. The smallest absolute Gasteiger partial charge is 0.392 e. The van der Waals surface area contributed by atoms with Crippen molar-refractivity contribution in [3.63, 3.8) is 0 Å². The largest absolute Gasteiger partial charge is 0.399 e. The summed E-state index contributed by atoms with van der Waals surface area (Å²) >= 11 is 0. The Labute approximate surface area is 158 Å². The van der Waals surface area contributed by atoms with E-state index in [1.54, 1.807) is 6.07 Å². The molecular weight excluding hydrogens is 401 g/mol. The van der Waals surface area contributed by atoms with E-state index in [2.05, 4.69) is 0 Å². The van der Waals surface area contributed by atoms with Gasteiger partial charge in [0.25, 0.3) is 0 Å². The van der Waals surface area contributed by atoms with E-state index in [-0.39, 0.29) is 37.4 Å². The van der Waals surface area contributed by atoms with Crippen molar-refractivity contribution in [1.29, 1.82) is 0 Å². The minimum Gasteiger partial charge on any atom is -0.392 e. The lowest BCUT2D eigenvalue weighted by Crippen LogP contribution is -2.50. The summed E-state index contributed by atoms with van der Waals surface area (Å²) in [5.74, 6) is -1.89.